The largest absolute Gasteiger partial charge is 0.494 e. The van der Waals surface area contributed by atoms with Gasteiger partial charge in [0.15, 0.2) is 0 Å². The Kier molecular flexibility index (Phi) is 4.86. The third kappa shape index (κ3) is 3.30. The number of ether oxygens (including phenoxy) is 1. The first-order chi connectivity index (χ1) is 9.26. The SMILES string of the molecule is CCOc1ccccc1C(Cl)c1ccc(CC)cc1. The summed E-state index contributed by atoms with van der Waals surface area (Å²) < 4.78 is 5.64. The third-order valence-electron chi connectivity index (χ3n) is 3.17. The fourth-order valence-corrected chi connectivity index (χ4v) is 2.40. The molecule has 1 unspecified atom stereocenters. The van der Waals surface area contributed by atoms with Crippen molar-refractivity contribution in [3.63, 3.8) is 0 Å². The fourth-order valence-electron chi connectivity index (χ4n) is 2.08. The van der Waals surface area contributed by atoms with Gasteiger partial charge in [-0.3, -0.25) is 0 Å². The number of halogens is 1. The highest BCUT2D eigenvalue weighted by Gasteiger charge is 2.15. The Morgan fingerprint density at radius 3 is 2.32 bits per heavy atom. The monoisotopic (exact) mass is 274 g/mol. The quantitative estimate of drug-likeness (QED) is 0.699. The van der Waals surface area contributed by atoms with Crippen molar-refractivity contribution in [1.82, 2.24) is 0 Å². The molecule has 0 aliphatic carbocycles. The van der Waals surface area contributed by atoms with E-state index in [9.17, 15) is 0 Å². The van der Waals surface area contributed by atoms with Crippen LogP contribution in [0.4, 0.5) is 0 Å². The molecule has 0 spiro atoms. The molecule has 2 rings (SSSR count). The minimum atomic E-state index is -0.173. The predicted molar refractivity (Wildman–Crippen MR) is 81.1 cm³/mol. The summed E-state index contributed by atoms with van der Waals surface area (Å²) in [4.78, 5) is 0. The highest BCUT2D eigenvalue weighted by molar-refractivity contribution is 6.22. The summed E-state index contributed by atoms with van der Waals surface area (Å²) in [6, 6.07) is 16.4. The number of hydrogen-bond acceptors (Lipinski definition) is 1. The summed E-state index contributed by atoms with van der Waals surface area (Å²) in [6.45, 7) is 4.78. The maximum atomic E-state index is 6.59. The van der Waals surface area contributed by atoms with Gasteiger partial charge in [0.1, 0.15) is 5.75 Å². The van der Waals surface area contributed by atoms with Gasteiger partial charge in [0.05, 0.1) is 12.0 Å². The van der Waals surface area contributed by atoms with Crippen molar-refractivity contribution in [3.8, 4) is 5.75 Å². The predicted octanol–water partition coefficient (Wildman–Crippen LogP) is 4.98. The Bertz CT molecular complexity index is 519. The third-order valence-corrected chi connectivity index (χ3v) is 3.66. The number of aryl methyl sites for hydroxylation is 1. The highest BCUT2D eigenvalue weighted by Crippen LogP contribution is 2.35. The van der Waals surface area contributed by atoms with Gasteiger partial charge in [0.2, 0.25) is 0 Å². The number of rotatable bonds is 5. The molecule has 0 aliphatic heterocycles. The molecule has 0 saturated heterocycles. The molecule has 2 heteroatoms. The summed E-state index contributed by atoms with van der Waals surface area (Å²) >= 11 is 6.59. The fraction of sp³-hybridized carbons (Fsp3) is 0.294. The van der Waals surface area contributed by atoms with Gasteiger partial charge in [-0.05, 0) is 30.5 Å². The summed E-state index contributed by atoms with van der Waals surface area (Å²) in [6.07, 6.45) is 1.04. The molecular weight excluding hydrogens is 256 g/mol. The first-order valence-electron chi connectivity index (χ1n) is 6.70. The second kappa shape index (κ2) is 6.63. The van der Waals surface area contributed by atoms with Crippen molar-refractivity contribution in [2.75, 3.05) is 6.61 Å². The van der Waals surface area contributed by atoms with Crippen LogP contribution < -0.4 is 4.74 Å². The molecule has 0 radical (unpaired) electrons. The van der Waals surface area contributed by atoms with Gasteiger partial charge in [0, 0.05) is 5.56 Å². The van der Waals surface area contributed by atoms with Crippen LogP contribution in [0.3, 0.4) is 0 Å². The topological polar surface area (TPSA) is 9.23 Å². The molecule has 2 aromatic carbocycles. The lowest BCUT2D eigenvalue weighted by Crippen LogP contribution is -2.00. The Balaban J connectivity index is 2.29. The molecule has 0 N–H and O–H groups in total. The van der Waals surface area contributed by atoms with Crippen LogP contribution in [-0.4, -0.2) is 6.61 Å². The first kappa shape index (κ1) is 14.0. The minimum Gasteiger partial charge on any atom is -0.494 e. The second-order valence-electron chi connectivity index (χ2n) is 4.43. The molecule has 1 nitrogen and oxygen atoms in total. The molecular formula is C17H19ClO. The average Bonchev–Trinajstić information content (AvgIpc) is 2.47. The molecule has 100 valence electrons. The van der Waals surface area contributed by atoms with E-state index in [2.05, 4.69) is 31.2 Å². The van der Waals surface area contributed by atoms with E-state index in [0.29, 0.717) is 6.61 Å². The minimum absolute atomic E-state index is 0.173. The average molecular weight is 275 g/mol. The van der Waals surface area contributed by atoms with Gasteiger partial charge in [-0.1, -0.05) is 49.4 Å². The van der Waals surface area contributed by atoms with Crippen molar-refractivity contribution in [2.45, 2.75) is 25.6 Å². The zero-order valence-corrected chi connectivity index (χ0v) is 12.2. The van der Waals surface area contributed by atoms with Gasteiger partial charge in [-0.25, -0.2) is 0 Å². The molecule has 2 aromatic rings. The summed E-state index contributed by atoms with van der Waals surface area (Å²) in [5.74, 6) is 0.865. The van der Waals surface area contributed by atoms with E-state index < -0.39 is 0 Å². The van der Waals surface area contributed by atoms with Crippen molar-refractivity contribution >= 4 is 11.6 Å². The van der Waals surface area contributed by atoms with Crippen LogP contribution in [0.15, 0.2) is 48.5 Å². The molecule has 0 amide bonds. The molecule has 0 saturated carbocycles. The number of alkyl halides is 1. The van der Waals surface area contributed by atoms with E-state index in [0.717, 1.165) is 23.3 Å². The Morgan fingerprint density at radius 2 is 1.68 bits per heavy atom. The van der Waals surface area contributed by atoms with Crippen LogP contribution >= 0.6 is 11.6 Å². The lowest BCUT2D eigenvalue weighted by molar-refractivity contribution is 0.337. The number of hydrogen-bond donors (Lipinski definition) is 0. The van der Waals surface area contributed by atoms with Crippen LogP contribution in [0, 0.1) is 0 Å². The molecule has 0 aliphatic rings. The van der Waals surface area contributed by atoms with E-state index in [4.69, 9.17) is 16.3 Å². The lowest BCUT2D eigenvalue weighted by atomic mass is 10.0. The van der Waals surface area contributed by atoms with E-state index in [-0.39, 0.29) is 5.38 Å². The smallest absolute Gasteiger partial charge is 0.124 e. The van der Waals surface area contributed by atoms with Gasteiger partial charge < -0.3 is 4.74 Å². The Labute approximate surface area is 120 Å². The summed E-state index contributed by atoms with van der Waals surface area (Å²) in [5.41, 5.74) is 3.45. The normalized spacial score (nSPS) is 12.2. The van der Waals surface area contributed by atoms with Crippen molar-refractivity contribution < 1.29 is 4.74 Å². The van der Waals surface area contributed by atoms with Gasteiger partial charge in [-0.15, -0.1) is 11.6 Å². The maximum absolute atomic E-state index is 6.59. The van der Waals surface area contributed by atoms with E-state index >= 15 is 0 Å². The standard InChI is InChI=1S/C17H19ClO/c1-3-13-9-11-14(12-10-13)17(18)15-7-5-6-8-16(15)19-4-2/h5-12,17H,3-4H2,1-2H3. The van der Waals surface area contributed by atoms with Crippen molar-refractivity contribution in [3.05, 3.63) is 65.2 Å². The summed E-state index contributed by atoms with van der Waals surface area (Å²) in [7, 11) is 0. The van der Waals surface area contributed by atoms with Crippen LogP contribution in [0.25, 0.3) is 0 Å². The summed E-state index contributed by atoms with van der Waals surface area (Å²) in [5, 5.41) is -0.173. The lowest BCUT2D eigenvalue weighted by Gasteiger charge is -2.15. The van der Waals surface area contributed by atoms with Crippen LogP contribution in [-0.2, 0) is 6.42 Å². The first-order valence-corrected chi connectivity index (χ1v) is 7.14. The van der Waals surface area contributed by atoms with Gasteiger partial charge >= 0.3 is 0 Å². The molecule has 0 aromatic heterocycles. The maximum Gasteiger partial charge on any atom is 0.124 e. The van der Waals surface area contributed by atoms with Crippen LogP contribution in [0.1, 0.15) is 35.9 Å². The van der Waals surface area contributed by atoms with Crippen LogP contribution in [0.2, 0.25) is 0 Å². The second-order valence-corrected chi connectivity index (χ2v) is 4.86. The zero-order chi connectivity index (χ0) is 13.7. The van der Waals surface area contributed by atoms with Crippen molar-refractivity contribution in [1.29, 1.82) is 0 Å². The molecule has 0 fully saturated rings. The molecule has 1 atom stereocenters. The van der Waals surface area contributed by atoms with E-state index in [1.54, 1.807) is 0 Å². The Morgan fingerprint density at radius 1 is 1.00 bits per heavy atom. The highest BCUT2D eigenvalue weighted by atomic mass is 35.5. The van der Waals surface area contributed by atoms with Gasteiger partial charge in [0.25, 0.3) is 0 Å². The van der Waals surface area contributed by atoms with Crippen molar-refractivity contribution in [2.24, 2.45) is 0 Å². The number of para-hydroxylation sites is 1. The molecule has 0 heterocycles. The van der Waals surface area contributed by atoms with E-state index in [1.165, 1.54) is 5.56 Å². The molecule has 19 heavy (non-hydrogen) atoms. The number of benzene rings is 2. The Hall–Kier alpha value is -1.47. The van der Waals surface area contributed by atoms with Gasteiger partial charge in [-0.2, -0.15) is 0 Å². The molecule has 0 bridgehead atoms. The van der Waals surface area contributed by atoms with E-state index in [1.807, 2.05) is 31.2 Å². The zero-order valence-electron chi connectivity index (χ0n) is 11.4. The van der Waals surface area contributed by atoms with Crippen LogP contribution in [0.5, 0.6) is 5.75 Å².